The zero-order valence-electron chi connectivity index (χ0n) is 11.1. The number of fused-ring (bicyclic) bond motifs is 2. The van der Waals surface area contributed by atoms with E-state index in [9.17, 15) is 4.79 Å². The molecule has 100 valence electrons. The minimum atomic E-state index is -0.000536. The third-order valence-electron chi connectivity index (χ3n) is 3.54. The van der Waals surface area contributed by atoms with E-state index in [4.69, 9.17) is 4.42 Å². The van der Waals surface area contributed by atoms with Gasteiger partial charge in [-0.3, -0.25) is 9.78 Å². The Morgan fingerprint density at radius 2 is 1.62 bits per heavy atom. The summed E-state index contributed by atoms with van der Waals surface area (Å²) in [7, 11) is 0. The highest BCUT2D eigenvalue weighted by Crippen LogP contribution is 2.24. The lowest BCUT2D eigenvalue weighted by atomic mass is 10.1. The number of pyridine rings is 1. The lowest BCUT2D eigenvalue weighted by Crippen LogP contribution is -2.01. The molecule has 0 radical (unpaired) electrons. The third kappa shape index (κ3) is 1.91. The van der Waals surface area contributed by atoms with Crippen LogP contribution >= 0.6 is 0 Å². The van der Waals surface area contributed by atoms with Crippen molar-refractivity contribution < 1.29 is 4.42 Å². The summed E-state index contributed by atoms with van der Waals surface area (Å²) in [6, 6.07) is 18.6. The van der Waals surface area contributed by atoms with Gasteiger partial charge in [0.1, 0.15) is 11.2 Å². The minimum Gasteiger partial charge on any atom is -0.456 e. The molecule has 21 heavy (non-hydrogen) atoms. The van der Waals surface area contributed by atoms with Gasteiger partial charge in [0.15, 0.2) is 0 Å². The van der Waals surface area contributed by atoms with Crippen molar-refractivity contribution in [2.24, 2.45) is 0 Å². The lowest BCUT2D eigenvalue weighted by Gasteiger charge is -2.04. The summed E-state index contributed by atoms with van der Waals surface area (Å²) >= 11 is 0. The van der Waals surface area contributed by atoms with E-state index in [0.717, 1.165) is 11.3 Å². The van der Waals surface area contributed by atoms with Crippen LogP contribution in [0.25, 0.3) is 33.2 Å². The van der Waals surface area contributed by atoms with E-state index >= 15 is 0 Å². The van der Waals surface area contributed by atoms with Crippen molar-refractivity contribution in [2.45, 2.75) is 0 Å². The predicted molar refractivity (Wildman–Crippen MR) is 83.2 cm³/mol. The van der Waals surface area contributed by atoms with Crippen molar-refractivity contribution in [1.82, 2.24) is 4.98 Å². The molecule has 0 unspecified atom stereocenters. The first-order chi connectivity index (χ1) is 10.3. The summed E-state index contributed by atoms with van der Waals surface area (Å²) in [4.78, 5) is 16.8. The normalized spacial score (nSPS) is 11.0. The standard InChI is InChI=1S/C18H11NO2/c20-18-13-5-1-2-7-16(13)21-17-11-12(8-9-14(17)18)15-6-3-4-10-19-15/h1-11H. The first kappa shape index (κ1) is 11.9. The number of hydrogen-bond acceptors (Lipinski definition) is 3. The van der Waals surface area contributed by atoms with Crippen LogP contribution in [0.4, 0.5) is 0 Å². The summed E-state index contributed by atoms with van der Waals surface area (Å²) in [5.74, 6) is 0. The fourth-order valence-corrected chi connectivity index (χ4v) is 2.49. The number of aromatic nitrogens is 1. The molecule has 2 heterocycles. The van der Waals surface area contributed by atoms with Crippen LogP contribution in [0.5, 0.6) is 0 Å². The molecule has 0 aliphatic carbocycles. The van der Waals surface area contributed by atoms with Crippen molar-refractivity contribution in [3.05, 3.63) is 77.1 Å². The maximum Gasteiger partial charge on any atom is 0.200 e. The van der Waals surface area contributed by atoms with Crippen LogP contribution < -0.4 is 5.43 Å². The third-order valence-corrected chi connectivity index (χ3v) is 3.54. The number of benzene rings is 2. The second-order valence-corrected chi connectivity index (χ2v) is 4.85. The summed E-state index contributed by atoms with van der Waals surface area (Å²) in [6.45, 7) is 0. The highest BCUT2D eigenvalue weighted by Gasteiger charge is 2.08. The Morgan fingerprint density at radius 3 is 2.48 bits per heavy atom. The number of para-hydroxylation sites is 1. The first-order valence-electron chi connectivity index (χ1n) is 6.70. The Bertz CT molecular complexity index is 1000. The fourth-order valence-electron chi connectivity index (χ4n) is 2.49. The van der Waals surface area contributed by atoms with Crippen molar-refractivity contribution in [3.8, 4) is 11.3 Å². The maximum absolute atomic E-state index is 12.5. The summed E-state index contributed by atoms with van der Waals surface area (Å²) in [5, 5.41) is 1.20. The van der Waals surface area contributed by atoms with Gasteiger partial charge in [0.2, 0.25) is 5.43 Å². The van der Waals surface area contributed by atoms with E-state index in [1.54, 1.807) is 18.3 Å². The average Bonchev–Trinajstić information content (AvgIpc) is 2.55. The number of nitrogens with zero attached hydrogens (tertiary/aromatic N) is 1. The Morgan fingerprint density at radius 1 is 0.810 bits per heavy atom. The van der Waals surface area contributed by atoms with Gasteiger partial charge in [-0.25, -0.2) is 0 Å². The van der Waals surface area contributed by atoms with E-state index in [1.807, 2.05) is 48.5 Å². The van der Waals surface area contributed by atoms with Crippen LogP contribution in [0.15, 0.2) is 76.1 Å². The molecule has 4 aromatic rings. The van der Waals surface area contributed by atoms with E-state index in [-0.39, 0.29) is 5.43 Å². The quantitative estimate of drug-likeness (QED) is 0.492. The average molecular weight is 273 g/mol. The van der Waals surface area contributed by atoms with Crippen LogP contribution in [-0.4, -0.2) is 4.98 Å². The highest BCUT2D eigenvalue weighted by molar-refractivity contribution is 5.91. The van der Waals surface area contributed by atoms with Gasteiger partial charge < -0.3 is 4.42 Å². The topological polar surface area (TPSA) is 43.1 Å². The Balaban J connectivity index is 2.04. The molecule has 0 amide bonds. The molecule has 3 nitrogen and oxygen atoms in total. The van der Waals surface area contributed by atoms with Gasteiger partial charge in [-0.15, -0.1) is 0 Å². The van der Waals surface area contributed by atoms with Crippen LogP contribution in [-0.2, 0) is 0 Å². The Kier molecular flexibility index (Phi) is 2.57. The molecule has 0 spiro atoms. The predicted octanol–water partition coefficient (Wildman–Crippen LogP) is 4.01. The second kappa shape index (κ2) is 4.56. The van der Waals surface area contributed by atoms with Gasteiger partial charge in [-0.2, -0.15) is 0 Å². The van der Waals surface area contributed by atoms with E-state index in [2.05, 4.69) is 4.98 Å². The zero-order chi connectivity index (χ0) is 14.2. The van der Waals surface area contributed by atoms with Gasteiger partial charge in [-0.05, 0) is 36.4 Å². The second-order valence-electron chi connectivity index (χ2n) is 4.85. The molecular formula is C18H11NO2. The monoisotopic (exact) mass is 273 g/mol. The van der Waals surface area contributed by atoms with E-state index < -0.39 is 0 Å². The van der Waals surface area contributed by atoms with Crippen molar-refractivity contribution in [3.63, 3.8) is 0 Å². The number of hydrogen-bond donors (Lipinski definition) is 0. The zero-order valence-corrected chi connectivity index (χ0v) is 11.1. The molecule has 0 aliphatic rings. The fraction of sp³-hybridized carbons (Fsp3) is 0. The van der Waals surface area contributed by atoms with Crippen molar-refractivity contribution in [2.75, 3.05) is 0 Å². The molecule has 0 aliphatic heterocycles. The SMILES string of the molecule is O=c1c2ccccc2oc2cc(-c3ccccn3)ccc12. The molecule has 0 saturated heterocycles. The highest BCUT2D eigenvalue weighted by atomic mass is 16.3. The Hall–Kier alpha value is -2.94. The van der Waals surface area contributed by atoms with Crippen LogP contribution in [0.1, 0.15) is 0 Å². The molecule has 0 fully saturated rings. The largest absolute Gasteiger partial charge is 0.456 e. The lowest BCUT2D eigenvalue weighted by molar-refractivity contribution is 0.660. The molecule has 2 aromatic carbocycles. The molecule has 2 aromatic heterocycles. The van der Waals surface area contributed by atoms with Gasteiger partial charge in [0, 0.05) is 11.8 Å². The molecular weight excluding hydrogens is 262 g/mol. The first-order valence-corrected chi connectivity index (χ1v) is 6.70. The van der Waals surface area contributed by atoms with Crippen LogP contribution in [0, 0.1) is 0 Å². The number of rotatable bonds is 1. The van der Waals surface area contributed by atoms with Gasteiger partial charge in [0.05, 0.1) is 16.5 Å². The molecule has 4 rings (SSSR count). The summed E-state index contributed by atoms with van der Waals surface area (Å²) in [5.41, 5.74) is 2.98. The molecule has 0 bridgehead atoms. The minimum absolute atomic E-state index is 0.000536. The summed E-state index contributed by atoms with van der Waals surface area (Å²) < 4.78 is 5.86. The van der Waals surface area contributed by atoms with Gasteiger partial charge >= 0.3 is 0 Å². The van der Waals surface area contributed by atoms with Crippen LogP contribution in [0.2, 0.25) is 0 Å². The molecule has 0 saturated carbocycles. The smallest absolute Gasteiger partial charge is 0.200 e. The van der Waals surface area contributed by atoms with Crippen molar-refractivity contribution >= 4 is 21.9 Å². The van der Waals surface area contributed by atoms with Gasteiger partial charge in [-0.1, -0.05) is 24.3 Å². The van der Waals surface area contributed by atoms with E-state index in [0.29, 0.717) is 21.9 Å². The molecule has 0 N–H and O–H groups in total. The van der Waals surface area contributed by atoms with Gasteiger partial charge in [0.25, 0.3) is 0 Å². The Labute approximate surface area is 120 Å². The molecule has 3 heteroatoms. The summed E-state index contributed by atoms with van der Waals surface area (Å²) in [6.07, 6.45) is 1.75. The maximum atomic E-state index is 12.5. The van der Waals surface area contributed by atoms with Crippen LogP contribution in [0.3, 0.4) is 0 Å². The molecule has 0 atom stereocenters. The van der Waals surface area contributed by atoms with E-state index in [1.165, 1.54) is 0 Å². The van der Waals surface area contributed by atoms with Crippen molar-refractivity contribution in [1.29, 1.82) is 0 Å².